The Balaban J connectivity index is 1.72. The molecule has 0 aliphatic carbocycles. The molecule has 0 amide bonds. The summed E-state index contributed by atoms with van der Waals surface area (Å²) in [7, 11) is 3.21. The Bertz CT molecular complexity index is 1300. The summed E-state index contributed by atoms with van der Waals surface area (Å²) < 4.78 is 12.5. The number of allylic oxidation sites excluding steroid dienone is 1. The lowest BCUT2D eigenvalue weighted by Gasteiger charge is -2.14. The molecule has 0 radical (unpaired) electrons. The van der Waals surface area contributed by atoms with Gasteiger partial charge in [-0.05, 0) is 53.9 Å². The summed E-state index contributed by atoms with van der Waals surface area (Å²) in [5, 5.41) is 10.1. The molecular formula is C26H20O5S. The number of fused-ring (bicyclic) bond motifs is 1. The number of benzene rings is 3. The molecule has 3 aromatic carbocycles. The fourth-order valence-electron chi connectivity index (χ4n) is 3.48. The van der Waals surface area contributed by atoms with Gasteiger partial charge >= 0.3 is 5.97 Å². The molecule has 0 bridgehead atoms. The maximum absolute atomic E-state index is 12.6. The van der Waals surface area contributed by atoms with Gasteiger partial charge in [0.2, 0.25) is 0 Å². The smallest absolute Gasteiger partial charge is 0.335 e. The highest BCUT2D eigenvalue weighted by Gasteiger charge is 2.18. The second kappa shape index (κ2) is 9.08. The van der Waals surface area contributed by atoms with Crippen LogP contribution in [-0.2, 0) is 0 Å². The standard InChI is InChI=1S/C26H20O5S/c1-30-21-14-12-17(11-13-20(27)16-7-9-18(10-8-16)26(28)29)25(31-2)24(21)23-15-19-5-3-4-6-22(19)32-23/h3-15H,1-2H3,(H,28,29)/b13-11+. The van der Waals surface area contributed by atoms with Crippen molar-refractivity contribution in [2.75, 3.05) is 14.2 Å². The third kappa shape index (κ3) is 4.13. The van der Waals surface area contributed by atoms with Crippen molar-refractivity contribution in [2.24, 2.45) is 0 Å². The molecule has 0 fully saturated rings. The van der Waals surface area contributed by atoms with Crippen LogP contribution in [0.15, 0.2) is 72.8 Å². The molecule has 32 heavy (non-hydrogen) atoms. The summed E-state index contributed by atoms with van der Waals surface area (Å²) in [5.41, 5.74) is 2.10. The third-order valence-electron chi connectivity index (χ3n) is 5.08. The molecule has 4 rings (SSSR count). The Morgan fingerprint density at radius 2 is 1.62 bits per heavy atom. The number of hydrogen-bond donors (Lipinski definition) is 1. The van der Waals surface area contributed by atoms with Crippen LogP contribution in [-0.4, -0.2) is 31.1 Å². The minimum atomic E-state index is -1.03. The molecule has 6 heteroatoms. The van der Waals surface area contributed by atoms with Crippen molar-refractivity contribution in [3.63, 3.8) is 0 Å². The normalized spacial score (nSPS) is 11.1. The van der Waals surface area contributed by atoms with Crippen molar-refractivity contribution in [2.45, 2.75) is 0 Å². The van der Waals surface area contributed by atoms with Gasteiger partial charge < -0.3 is 14.6 Å². The van der Waals surface area contributed by atoms with Crippen LogP contribution in [0.1, 0.15) is 26.3 Å². The van der Waals surface area contributed by atoms with E-state index in [0.29, 0.717) is 17.1 Å². The molecule has 0 spiro atoms. The zero-order valence-corrected chi connectivity index (χ0v) is 18.3. The van der Waals surface area contributed by atoms with E-state index in [-0.39, 0.29) is 11.3 Å². The van der Waals surface area contributed by atoms with E-state index < -0.39 is 5.97 Å². The minimum Gasteiger partial charge on any atom is -0.496 e. The number of hydrogen-bond acceptors (Lipinski definition) is 5. The van der Waals surface area contributed by atoms with E-state index in [2.05, 4.69) is 18.2 Å². The number of ether oxygens (including phenoxy) is 2. The number of ketones is 1. The summed E-state index contributed by atoms with van der Waals surface area (Å²) in [5.74, 6) is 0.0295. The first kappa shape index (κ1) is 21.3. The van der Waals surface area contributed by atoms with Gasteiger partial charge in [-0.3, -0.25) is 4.79 Å². The van der Waals surface area contributed by atoms with E-state index >= 15 is 0 Å². The Hall–Kier alpha value is -3.90. The van der Waals surface area contributed by atoms with Crippen LogP contribution in [0.25, 0.3) is 26.6 Å². The molecule has 0 saturated heterocycles. The number of thiophene rings is 1. The molecule has 0 atom stereocenters. The average Bonchev–Trinajstić information content (AvgIpc) is 3.25. The van der Waals surface area contributed by atoms with Crippen LogP contribution < -0.4 is 9.47 Å². The highest BCUT2D eigenvalue weighted by atomic mass is 32.1. The van der Waals surface area contributed by atoms with Gasteiger partial charge in [0, 0.05) is 20.7 Å². The number of aromatic carboxylic acids is 1. The van der Waals surface area contributed by atoms with E-state index in [9.17, 15) is 9.59 Å². The molecule has 5 nitrogen and oxygen atoms in total. The van der Waals surface area contributed by atoms with E-state index in [0.717, 1.165) is 26.1 Å². The number of carboxylic acids is 1. The van der Waals surface area contributed by atoms with Gasteiger partial charge in [-0.1, -0.05) is 30.3 Å². The van der Waals surface area contributed by atoms with Crippen LogP contribution in [0.5, 0.6) is 11.5 Å². The van der Waals surface area contributed by atoms with Crippen LogP contribution in [0, 0.1) is 0 Å². The Morgan fingerprint density at radius 3 is 2.28 bits per heavy atom. The zero-order valence-electron chi connectivity index (χ0n) is 17.5. The SMILES string of the molecule is COc1ccc(/C=C/C(=O)c2ccc(C(=O)O)cc2)c(OC)c1-c1cc2ccccc2s1. The van der Waals surface area contributed by atoms with E-state index in [1.165, 1.54) is 30.3 Å². The Kier molecular flexibility index (Phi) is 6.05. The van der Waals surface area contributed by atoms with Crippen LogP contribution in [0.3, 0.4) is 0 Å². The number of carboxylic acid groups (broad SMARTS) is 1. The number of carbonyl (C=O) groups excluding carboxylic acids is 1. The molecule has 0 aliphatic heterocycles. The average molecular weight is 445 g/mol. The van der Waals surface area contributed by atoms with Crippen molar-refractivity contribution in [3.8, 4) is 21.9 Å². The summed E-state index contributed by atoms with van der Waals surface area (Å²) in [4.78, 5) is 24.6. The maximum Gasteiger partial charge on any atom is 0.335 e. The van der Waals surface area contributed by atoms with Crippen LogP contribution in [0.4, 0.5) is 0 Å². The predicted octanol–water partition coefficient (Wildman–Crippen LogP) is 6.18. The molecule has 1 heterocycles. The van der Waals surface area contributed by atoms with Crippen molar-refractivity contribution in [1.29, 1.82) is 0 Å². The highest BCUT2D eigenvalue weighted by Crippen LogP contribution is 2.45. The van der Waals surface area contributed by atoms with Crippen molar-refractivity contribution in [1.82, 2.24) is 0 Å². The van der Waals surface area contributed by atoms with Gasteiger partial charge in [0.05, 0.1) is 25.3 Å². The summed E-state index contributed by atoms with van der Waals surface area (Å²) >= 11 is 1.64. The summed E-state index contributed by atoms with van der Waals surface area (Å²) in [6.07, 6.45) is 3.15. The second-order valence-electron chi connectivity index (χ2n) is 6.99. The molecule has 1 N–H and O–H groups in total. The zero-order chi connectivity index (χ0) is 22.7. The number of carbonyl (C=O) groups is 2. The fraction of sp³-hybridized carbons (Fsp3) is 0.0769. The number of rotatable bonds is 7. The summed E-state index contributed by atoms with van der Waals surface area (Å²) in [6.45, 7) is 0. The topological polar surface area (TPSA) is 72.8 Å². The molecule has 1 aromatic heterocycles. The van der Waals surface area contributed by atoms with Crippen molar-refractivity contribution < 1.29 is 24.2 Å². The van der Waals surface area contributed by atoms with Gasteiger partial charge in [0.25, 0.3) is 0 Å². The van der Waals surface area contributed by atoms with E-state index in [1.807, 2.05) is 24.3 Å². The van der Waals surface area contributed by atoms with Gasteiger partial charge in [-0.15, -0.1) is 11.3 Å². The lowest BCUT2D eigenvalue weighted by atomic mass is 10.0. The lowest BCUT2D eigenvalue weighted by molar-refractivity contribution is 0.0696. The van der Waals surface area contributed by atoms with Gasteiger partial charge in [-0.25, -0.2) is 4.79 Å². The predicted molar refractivity (Wildman–Crippen MR) is 127 cm³/mol. The van der Waals surface area contributed by atoms with Crippen molar-refractivity contribution in [3.05, 3.63) is 89.5 Å². The lowest BCUT2D eigenvalue weighted by Crippen LogP contribution is -1.99. The monoisotopic (exact) mass is 444 g/mol. The first-order chi connectivity index (χ1) is 15.5. The molecule has 0 unspecified atom stereocenters. The highest BCUT2D eigenvalue weighted by molar-refractivity contribution is 7.22. The van der Waals surface area contributed by atoms with Gasteiger partial charge in [0.15, 0.2) is 5.78 Å². The van der Waals surface area contributed by atoms with E-state index in [1.54, 1.807) is 31.6 Å². The summed E-state index contributed by atoms with van der Waals surface area (Å²) in [6, 6.07) is 19.8. The molecule has 4 aromatic rings. The van der Waals surface area contributed by atoms with Crippen molar-refractivity contribution >= 4 is 39.3 Å². The fourth-order valence-corrected chi connectivity index (χ4v) is 4.59. The Morgan fingerprint density at radius 1 is 0.906 bits per heavy atom. The number of methoxy groups -OCH3 is 2. The largest absolute Gasteiger partial charge is 0.496 e. The van der Waals surface area contributed by atoms with Gasteiger partial charge in [-0.2, -0.15) is 0 Å². The quantitative estimate of drug-likeness (QED) is 0.272. The molecular weight excluding hydrogens is 424 g/mol. The third-order valence-corrected chi connectivity index (χ3v) is 6.21. The molecule has 0 saturated carbocycles. The first-order valence-electron chi connectivity index (χ1n) is 9.81. The minimum absolute atomic E-state index is 0.135. The maximum atomic E-state index is 12.6. The van der Waals surface area contributed by atoms with Gasteiger partial charge in [0.1, 0.15) is 11.5 Å². The Labute approximate surface area is 189 Å². The first-order valence-corrected chi connectivity index (χ1v) is 10.6. The second-order valence-corrected chi connectivity index (χ2v) is 8.08. The van der Waals surface area contributed by atoms with E-state index in [4.69, 9.17) is 14.6 Å². The van der Waals surface area contributed by atoms with Crippen LogP contribution in [0.2, 0.25) is 0 Å². The van der Waals surface area contributed by atoms with Crippen LogP contribution >= 0.6 is 11.3 Å². The molecule has 0 aliphatic rings. The molecule has 160 valence electrons.